The predicted octanol–water partition coefficient (Wildman–Crippen LogP) is 4.03. The molecular weight excluding hydrogens is 332 g/mol. The highest BCUT2D eigenvalue weighted by molar-refractivity contribution is 9.10. The molecule has 0 radical (unpaired) electrons. The van der Waals surface area contributed by atoms with Crippen LogP contribution < -0.4 is 15.4 Å². The molecule has 0 atom stereocenters. The van der Waals surface area contributed by atoms with Crippen molar-refractivity contribution in [1.29, 1.82) is 0 Å². The molecular formula is C16H17BrN2O2. The minimum atomic E-state index is -0.0731. The van der Waals surface area contributed by atoms with E-state index in [0.717, 1.165) is 27.2 Å². The van der Waals surface area contributed by atoms with E-state index in [1.165, 1.54) is 6.92 Å². The van der Waals surface area contributed by atoms with E-state index in [9.17, 15) is 4.79 Å². The number of anilines is 2. The number of nitrogens with one attached hydrogen (secondary N) is 2. The van der Waals surface area contributed by atoms with Gasteiger partial charge in [-0.15, -0.1) is 0 Å². The van der Waals surface area contributed by atoms with Gasteiger partial charge in [-0.1, -0.05) is 15.9 Å². The van der Waals surface area contributed by atoms with Crippen LogP contribution in [0.2, 0.25) is 0 Å². The number of hydrogen-bond acceptors (Lipinski definition) is 3. The second-order valence-corrected chi connectivity index (χ2v) is 5.42. The van der Waals surface area contributed by atoms with Crippen molar-refractivity contribution in [2.45, 2.75) is 13.5 Å². The van der Waals surface area contributed by atoms with Crippen LogP contribution in [0.5, 0.6) is 5.75 Å². The van der Waals surface area contributed by atoms with E-state index in [1.54, 1.807) is 7.11 Å². The van der Waals surface area contributed by atoms with Crippen LogP contribution in [0.15, 0.2) is 46.9 Å². The first-order chi connectivity index (χ1) is 10.1. The molecule has 2 N–H and O–H groups in total. The molecule has 0 saturated carbocycles. The maximum absolute atomic E-state index is 11.0. The summed E-state index contributed by atoms with van der Waals surface area (Å²) in [6.07, 6.45) is 0. The molecule has 0 aliphatic heterocycles. The monoisotopic (exact) mass is 348 g/mol. The van der Waals surface area contributed by atoms with E-state index in [1.807, 2.05) is 42.5 Å². The van der Waals surface area contributed by atoms with Gasteiger partial charge in [0, 0.05) is 29.3 Å². The molecule has 1 amide bonds. The van der Waals surface area contributed by atoms with E-state index in [4.69, 9.17) is 4.74 Å². The van der Waals surface area contributed by atoms with Crippen LogP contribution in [0.25, 0.3) is 0 Å². The van der Waals surface area contributed by atoms with E-state index in [-0.39, 0.29) is 5.91 Å². The first-order valence-corrected chi connectivity index (χ1v) is 7.31. The molecule has 110 valence electrons. The maximum Gasteiger partial charge on any atom is 0.221 e. The summed E-state index contributed by atoms with van der Waals surface area (Å²) in [6.45, 7) is 2.17. The maximum atomic E-state index is 11.0. The van der Waals surface area contributed by atoms with Crippen molar-refractivity contribution in [3.8, 4) is 5.75 Å². The van der Waals surface area contributed by atoms with E-state index in [0.29, 0.717) is 6.54 Å². The topological polar surface area (TPSA) is 50.4 Å². The summed E-state index contributed by atoms with van der Waals surface area (Å²) in [4.78, 5) is 11.0. The zero-order valence-electron chi connectivity index (χ0n) is 11.9. The molecule has 0 bridgehead atoms. The van der Waals surface area contributed by atoms with Crippen LogP contribution in [-0.4, -0.2) is 13.0 Å². The van der Waals surface area contributed by atoms with Gasteiger partial charge in [0.05, 0.1) is 7.11 Å². The summed E-state index contributed by atoms with van der Waals surface area (Å²) in [7, 11) is 1.65. The fraction of sp³-hybridized carbons (Fsp3) is 0.188. The quantitative estimate of drug-likeness (QED) is 0.857. The number of rotatable bonds is 5. The lowest BCUT2D eigenvalue weighted by Crippen LogP contribution is -2.06. The van der Waals surface area contributed by atoms with Gasteiger partial charge in [-0.25, -0.2) is 0 Å². The largest absolute Gasteiger partial charge is 0.497 e. The highest BCUT2D eigenvalue weighted by Gasteiger charge is 2.03. The van der Waals surface area contributed by atoms with Crippen molar-refractivity contribution in [3.63, 3.8) is 0 Å². The highest BCUT2D eigenvalue weighted by Crippen LogP contribution is 2.23. The Kier molecular flexibility index (Phi) is 5.22. The highest BCUT2D eigenvalue weighted by atomic mass is 79.9. The molecule has 0 fully saturated rings. The van der Waals surface area contributed by atoms with Gasteiger partial charge in [0.1, 0.15) is 5.75 Å². The third kappa shape index (κ3) is 4.49. The molecule has 2 aromatic rings. The number of halogens is 1. The summed E-state index contributed by atoms with van der Waals surface area (Å²) >= 11 is 3.53. The summed E-state index contributed by atoms with van der Waals surface area (Å²) in [5.74, 6) is 0.757. The first-order valence-electron chi connectivity index (χ1n) is 6.52. The first kappa shape index (κ1) is 15.4. The summed E-state index contributed by atoms with van der Waals surface area (Å²) in [5.41, 5.74) is 2.88. The van der Waals surface area contributed by atoms with Crippen molar-refractivity contribution in [1.82, 2.24) is 0 Å². The van der Waals surface area contributed by atoms with Crippen LogP contribution in [0.1, 0.15) is 12.5 Å². The molecule has 2 rings (SSSR count). The van der Waals surface area contributed by atoms with Gasteiger partial charge in [-0.2, -0.15) is 0 Å². The summed E-state index contributed by atoms with van der Waals surface area (Å²) < 4.78 is 6.26. The molecule has 0 heterocycles. The Morgan fingerprint density at radius 1 is 1.14 bits per heavy atom. The zero-order chi connectivity index (χ0) is 15.2. The van der Waals surface area contributed by atoms with Crippen LogP contribution in [0, 0.1) is 0 Å². The third-order valence-corrected chi connectivity index (χ3v) is 3.71. The van der Waals surface area contributed by atoms with Crippen LogP contribution in [0.3, 0.4) is 0 Å². The minimum absolute atomic E-state index is 0.0731. The van der Waals surface area contributed by atoms with Crippen LogP contribution in [0.4, 0.5) is 11.4 Å². The Morgan fingerprint density at radius 3 is 2.43 bits per heavy atom. The Morgan fingerprint density at radius 2 is 1.81 bits per heavy atom. The average molecular weight is 349 g/mol. The van der Waals surface area contributed by atoms with Crippen LogP contribution in [-0.2, 0) is 11.3 Å². The Hall–Kier alpha value is -2.01. The van der Waals surface area contributed by atoms with Gasteiger partial charge in [0.25, 0.3) is 0 Å². The van der Waals surface area contributed by atoms with Gasteiger partial charge in [0.2, 0.25) is 5.91 Å². The number of carbonyl (C=O) groups excluding carboxylic acids is 1. The van der Waals surface area contributed by atoms with Crippen molar-refractivity contribution >= 4 is 33.2 Å². The molecule has 0 spiro atoms. The number of methoxy groups -OCH3 is 1. The van der Waals surface area contributed by atoms with E-state index < -0.39 is 0 Å². The zero-order valence-corrected chi connectivity index (χ0v) is 13.5. The van der Waals surface area contributed by atoms with Gasteiger partial charge < -0.3 is 15.4 Å². The van der Waals surface area contributed by atoms with Crippen molar-refractivity contribution in [3.05, 3.63) is 52.5 Å². The average Bonchev–Trinajstić information content (AvgIpc) is 2.47. The SMILES string of the molecule is COc1ccc(Br)c(CNc2ccc(NC(C)=O)cc2)c1. The Balaban J connectivity index is 2.01. The normalized spacial score (nSPS) is 10.0. The predicted molar refractivity (Wildman–Crippen MR) is 88.8 cm³/mol. The van der Waals surface area contributed by atoms with Crippen molar-refractivity contribution in [2.75, 3.05) is 17.7 Å². The van der Waals surface area contributed by atoms with Crippen LogP contribution >= 0.6 is 15.9 Å². The smallest absolute Gasteiger partial charge is 0.221 e. The van der Waals surface area contributed by atoms with E-state index in [2.05, 4.69) is 26.6 Å². The third-order valence-electron chi connectivity index (χ3n) is 2.94. The molecule has 0 aliphatic carbocycles. The Labute approximate surface area is 132 Å². The van der Waals surface area contributed by atoms with Gasteiger partial charge in [0.15, 0.2) is 0 Å². The molecule has 0 aliphatic rings. The molecule has 21 heavy (non-hydrogen) atoms. The molecule has 5 heteroatoms. The van der Waals surface area contributed by atoms with Crippen molar-refractivity contribution in [2.24, 2.45) is 0 Å². The van der Waals surface area contributed by atoms with Gasteiger partial charge in [-0.05, 0) is 48.0 Å². The molecule has 4 nitrogen and oxygen atoms in total. The number of hydrogen-bond donors (Lipinski definition) is 2. The number of benzene rings is 2. The standard InChI is InChI=1S/C16H17BrN2O2/c1-11(20)19-14-5-3-13(4-6-14)18-10-12-9-15(21-2)7-8-16(12)17/h3-9,18H,10H2,1-2H3,(H,19,20). The fourth-order valence-electron chi connectivity index (χ4n) is 1.89. The Bertz CT molecular complexity index is 627. The number of ether oxygens (including phenoxy) is 1. The summed E-state index contributed by atoms with van der Waals surface area (Å²) in [6, 6.07) is 13.5. The fourth-order valence-corrected chi connectivity index (χ4v) is 2.27. The van der Waals surface area contributed by atoms with Gasteiger partial charge >= 0.3 is 0 Å². The number of amides is 1. The molecule has 0 saturated heterocycles. The second kappa shape index (κ2) is 7.13. The lowest BCUT2D eigenvalue weighted by Gasteiger charge is -2.10. The molecule has 0 aromatic heterocycles. The number of carbonyl (C=O) groups is 1. The molecule has 2 aromatic carbocycles. The van der Waals surface area contributed by atoms with E-state index >= 15 is 0 Å². The lowest BCUT2D eigenvalue weighted by atomic mass is 10.2. The molecule has 0 unspecified atom stereocenters. The van der Waals surface area contributed by atoms with Crippen molar-refractivity contribution < 1.29 is 9.53 Å². The summed E-state index contributed by atoms with van der Waals surface area (Å²) in [5, 5.41) is 6.07. The minimum Gasteiger partial charge on any atom is -0.497 e. The second-order valence-electron chi connectivity index (χ2n) is 4.57. The van der Waals surface area contributed by atoms with Gasteiger partial charge in [-0.3, -0.25) is 4.79 Å². The lowest BCUT2D eigenvalue weighted by molar-refractivity contribution is -0.114.